The van der Waals surface area contributed by atoms with Gasteiger partial charge in [-0.05, 0) is 43.4 Å². The number of hydrogen-bond acceptors (Lipinski definition) is 3. The summed E-state index contributed by atoms with van der Waals surface area (Å²) in [6.45, 7) is 0.256. The van der Waals surface area contributed by atoms with E-state index in [1.165, 1.54) is 6.07 Å². The maximum atomic E-state index is 12.6. The van der Waals surface area contributed by atoms with E-state index < -0.39 is 23.6 Å². The number of anilines is 1. The van der Waals surface area contributed by atoms with Crippen LogP contribution in [0.2, 0.25) is 0 Å². The van der Waals surface area contributed by atoms with Crippen LogP contribution in [0.3, 0.4) is 0 Å². The van der Waals surface area contributed by atoms with E-state index in [0.717, 1.165) is 37.5 Å². The van der Waals surface area contributed by atoms with Crippen LogP contribution < -0.4 is 10.6 Å². The van der Waals surface area contributed by atoms with Gasteiger partial charge in [-0.1, -0.05) is 12.5 Å². The molecule has 3 N–H and O–H groups in total. The number of amides is 2. The van der Waals surface area contributed by atoms with Gasteiger partial charge < -0.3 is 15.7 Å². The highest BCUT2D eigenvalue weighted by Gasteiger charge is 2.30. The highest BCUT2D eigenvalue weighted by atomic mass is 19.4. The van der Waals surface area contributed by atoms with Crippen LogP contribution >= 0.6 is 0 Å². The molecule has 2 atom stereocenters. The molecule has 8 heteroatoms. The first kappa shape index (κ1) is 18.3. The minimum atomic E-state index is -4.52. The summed E-state index contributed by atoms with van der Waals surface area (Å²) in [7, 11) is 0. The molecule has 1 aromatic rings. The average Bonchev–Trinajstić information content (AvgIpc) is 2.52. The van der Waals surface area contributed by atoms with Gasteiger partial charge in [0.25, 0.3) is 0 Å². The smallest absolute Gasteiger partial charge is 0.393 e. The predicted octanol–water partition coefficient (Wildman–Crippen LogP) is 2.31. The summed E-state index contributed by atoms with van der Waals surface area (Å²) in [4.78, 5) is 23.5. The van der Waals surface area contributed by atoms with Gasteiger partial charge in [0.1, 0.15) is 0 Å². The number of nitrogens with one attached hydrogen (secondary N) is 2. The third-order valence-corrected chi connectivity index (χ3v) is 3.96. The van der Waals surface area contributed by atoms with Gasteiger partial charge in [0, 0.05) is 12.2 Å². The molecule has 24 heavy (non-hydrogen) atoms. The Kier molecular flexibility index (Phi) is 5.82. The van der Waals surface area contributed by atoms with Gasteiger partial charge in [0.05, 0.1) is 11.7 Å². The third kappa shape index (κ3) is 5.23. The first-order chi connectivity index (χ1) is 11.3. The number of hydrogen-bond donors (Lipinski definition) is 3. The van der Waals surface area contributed by atoms with Gasteiger partial charge in [-0.25, -0.2) is 0 Å². The Hall–Kier alpha value is -2.09. The lowest BCUT2D eigenvalue weighted by atomic mass is 9.87. The number of rotatable bonds is 3. The highest BCUT2D eigenvalue weighted by Crippen LogP contribution is 2.30. The fourth-order valence-electron chi connectivity index (χ4n) is 2.73. The summed E-state index contributed by atoms with van der Waals surface area (Å²) < 4.78 is 37.8. The minimum Gasteiger partial charge on any atom is -0.393 e. The van der Waals surface area contributed by atoms with E-state index in [0.29, 0.717) is 6.42 Å². The number of aliphatic hydroxyl groups is 1. The van der Waals surface area contributed by atoms with E-state index in [4.69, 9.17) is 0 Å². The van der Waals surface area contributed by atoms with Gasteiger partial charge in [-0.3, -0.25) is 9.59 Å². The second-order valence-corrected chi connectivity index (χ2v) is 5.93. The molecule has 1 aliphatic carbocycles. The summed E-state index contributed by atoms with van der Waals surface area (Å²) >= 11 is 0. The Morgan fingerprint density at radius 3 is 2.62 bits per heavy atom. The lowest BCUT2D eigenvalue weighted by Crippen LogP contribution is -2.39. The zero-order valence-corrected chi connectivity index (χ0v) is 12.9. The quantitative estimate of drug-likeness (QED) is 0.737. The van der Waals surface area contributed by atoms with Crippen LogP contribution in [0.25, 0.3) is 0 Å². The summed E-state index contributed by atoms with van der Waals surface area (Å²) in [5.74, 6) is -1.84. The Balaban J connectivity index is 1.86. The highest BCUT2D eigenvalue weighted by molar-refractivity contribution is 6.39. The number of aliphatic hydroxyl groups excluding tert-OH is 1. The predicted molar refractivity (Wildman–Crippen MR) is 81.0 cm³/mol. The van der Waals surface area contributed by atoms with Crippen molar-refractivity contribution in [2.75, 3.05) is 11.9 Å². The third-order valence-electron chi connectivity index (χ3n) is 3.96. The molecule has 0 aromatic heterocycles. The molecule has 1 saturated carbocycles. The maximum absolute atomic E-state index is 12.6. The number of alkyl halides is 3. The SMILES string of the molecule is O=C(NCC1CCCC(O)C1)C(=O)Nc1cccc(C(F)(F)F)c1. The maximum Gasteiger partial charge on any atom is 0.416 e. The van der Waals surface area contributed by atoms with Gasteiger partial charge in [-0.2, -0.15) is 13.2 Å². The molecule has 2 amide bonds. The van der Waals surface area contributed by atoms with Gasteiger partial charge in [-0.15, -0.1) is 0 Å². The molecule has 2 rings (SSSR count). The van der Waals surface area contributed by atoms with Crippen LogP contribution in [0.5, 0.6) is 0 Å². The van der Waals surface area contributed by atoms with Crippen LogP contribution in [0.4, 0.5) is 18.9 Å². The van der Waals surface area contributed by atoms with Crippen LogP contribution in [0.15, 0.2) is 24.3 Å². The van der Waals surface area contributed by atoms with Crippen LogP contribution in [0.1, 0.15) is 31.2 Å². The minimum absolute atomic E-state index is 0.0963. The zero-order valence-electron chi connectivity index (χ0n) is 12.9. The molecule has 132 valence electrons. The average molecular weight is 344 g/mol. The van der Waals surface area contributed by atoms with Crippen molar-refractivity contribution in [2.45, 2.75) is 38.0 Å². The Morgan fingerprint density at radius 1 is 1.21 bits per heavy atom. The van der Waals surface area contributed by atoms with Crippen molar-refractivity contribution in [3.05, 3.63) is 29.8 Å². The van der Waals surface area contributed by atoms with E-state index >= 15 is 0 Å². The normalized spacial score (nSPS) is 21.2. The largest absolute Gasteiger partial charge is 0.416 e. The van der Waals surface area contributed by atoms with Gasteiger partial charge in [0.15, 0.2) is 0 Å². The van der Waals surface area contributed by atoms with Gasteiger partial charge in [0.2, 0.25) is 0 Å². The summed E-state index contributed by atoms with van der Waals surface area (Å²) in [5, 5.41) is 14.2. The van der Waals surface area contributed by atoms with E-state index in [1.807, 2.05) is 0 Å². The van der Waals surface area contributed by atoms with E-state index in [1.54, 1.807) is 0 Å². The fraction of sp³-hybridized carbons (Fsp3) is 0.500. The van der Waals surface area contributed by atoms with Crippen molar-refractivity contribution in [1.29, 1.82) is 0 Å². The molecule has 0 heterocycles. The van der Waals surface area contributed by atoms with E-state index in [9.17, 15) is 27.9 Å². The number of benzene rings is 1. The van der Waals surface area contributed by atoms with Crippen molar-refractivity contribution in [1.82, 2.24) is 5.32 Å². The second kappa shape index (κ2) is 7.65. The molecule has 1 aliphatic rings. The van der Waals surface area contributed by atoms with Crippen LogP contribution in [0, 0.1) is 5.92 Å². The van der Waals surface area contributed by atoms with E-state index in [2.05, 4.69) is 10.6 Å². The first-order valence-electron chi connectivity index (χ1n) is 7.70. The standard InChI is InChI=1S/C16H19F3N2O3/c17-16(18,19)11-4-2-5-12(8-11)21-15(24)14(23)20-9-10-3-1-6-13(22)7-10/h2,4-5,8,10,13,22H,1,3,6-7,9H2,(H,20,23)(H,21,24). The molecule has 0 saturated heterocycles. The molecule has 0 radical (unpaired) electrons. The number of halogens is 3. The fourth-order valence-corrected chi connectivity index (χ4v) is 2.73. The molecular formula is C16H19F3N2O3. The van der Waals surface area contributed by atoms with Crippen molar-refractivity contribution >= 4 is 17.5 Å². The molecule has 5 nitrogen and oxygen atoms in total. The van der Waals surface area contributed by atoms with Crippen molar-refractivity contribution in [3.8, 4) is 0 Å². The zero-order chi connectivity index (χ0) is 17.7. The summed E-state index contributed by atoms with van der Waals surface area (Å²) in [5.41, 5.74) is -1.00. The van der Waals surface area contributed by atoms with Crippen molar-refractivity contribution in [3.63, 3.8) is 0 Å². The number of carbonyl (C=O) groups is 2. The van der Waals surface area contributed by atoms with Crippen molar-refractivity contribution in [2.24, 2.45) is 5.92 Å². The molecule has 0 aliphatic heterocycles. The van der Waals surface area contributed by atoms with Crippen LogP contribution in [-0.4, -0.2) is 29.6 Å². The monoisotopic (exact) mass is 344 g/mol. The topological polar surface area (TPSA) is 78.4 Å². The van der Waals surface area contributed by atoms with Crippen molar-refractivity contribution < 1.29 is 27.9 Å². The molecular weight excluding hydrogens is 325 g/mol. The summed E-state index contributed by atoms with van der Waals surface area (Å²) in [6.07, 6.45) is -1.90. The Bertz CT molecular complexity index is 604. The lowest BCUT2D eigenvalue weighted by molar-refractivity contribution is -0.137. The summed E-state index contributed by atoms with van der Waals surface area (Å²) in [6, 6.07) is 4.07. The molecule has 0 spiro atoms. The van der Waals surface area contributed by atoms with Crippen LogP contribution in [-0.2, 0) is 15.8 Å². The second-order valence-electron chi connectivity index (χ2n) is 5.93. The van der Waals surface area contributed by atoms with E-state index in [-0.39, 0.29) is 24.3 Å². The van der Waals surface area contributed by atoms with Gasteiger partial charge >= 0.3 is 18.0 Å². The molecule has 2 unspecified atom stereocenters. The molecule has 0 bridgehead atoms. The first-order valence-corrected chi connectivity index (χ1v) is 7.70. The lowest BCUT2D eigenvalue weighted by Gasteiger charge is -2.25. The Labute approximate surface area is 137 Å². The molecule has 1 aromatic carbocycles. The number of carbonyl (C=O) groups excluding carboxylic acids is 2. The Morgan fingerprint density at radius 2 is 1.96 bits per heavy atom. The molecule has 1 fully saturated rings.